The van der Waals surface area contributed by atoms with Gasteiger partial charge in [0, 0.05) is 0 Å². The highest BCUT2D eigenvalue weighted by molar-refractivity contribution is 5.89. The minimum Gasteiger partial charge on any atom is -0.489 e. The van der Waals surface area contributed by atoms with Crippen molar-refractivity contribution in [3.05, 3.63) is 75.2 Å². The van der Waals surface area contributed by atoms with Crippen molar-refractivity contribution < 1.29 is 18.6 Å². The number of ether oxygens (including phenoxy) is 3. The third-order valence-electron chi connectivity index (χ3n) is 7.57. The highest BCUT2D eigenvalue weighted by atomic mass is 16.5. The van der Waals surface area contributed by atoms with Gasteiger partial charge in [0.1, 0.15) is 13.2 Å². The normalized spacial score (nSPS) is 11.9. The highest BCUT2D eigenvalue weighted by Gasteiger charge is 2.20. The van der Waals surface area contributed by atoms with Crippen LogP contribution in [0, 0.1) is 0 Å². The molecule has 0 radical (unpaired) electrons. The molecule has 0 aliphatic heterocycles. The van der Waals surface area contributed by atoms with Gasteiger partial charge in [0.15, 0.2) is 17.1 Å². The zero-order chi connectivity index (χ0) is 32.2. The van der Waals surface area contributed by atoms with Crippen LogP contribution in [0.1, 0.15) is 126 Å². The van der Waals surface area contributed by atoms with E-state index >= 15 is 0 Å². The average molecular weight is 607 g/mol. The second-order valence-corrected chi connectivity index (χ2v) is 12.4. The Labute approximate surface area is 267 Å². The van der Waals surface area contributed by atoms with E-state index in [1.54, 1.807) is 0 Å². The predicted molar refractivity (Wildman–Crippen MR) is 186 cm³/mol. The molecule has 0 fully saturated rings. The molecule has 0 aliphatic rings. The molecule has 1 aromatic carbocycles. The van der Waals surface area contributed by atoms with Gasteiger partial charge in [0.2, 0.25) is 5.75 Å². The summed E-state index contributed by atoms with van der Waals surface area (Å²) in [6.07, 6.45) is 22.2. The van der Waals surface area contributed by atoms with Crippen molar-refractivity contribution in [2.75, 3.05) is 19.8 Å². The van der Waals surface area contributed by atoms with Crippen LogP contribution in [0.15, 0.2) is 74.0 Å². The molecule has 1 heterocycles. The van der Waals surface area contributed by atoms with Crippen LogP contribution in [0.2, 0.25) is 0 Å². The third kappa shape index (κ3) is 14.5. The molecule has 1 aromatic heterocycles. The van der Waals surface area contributed by atoms with Gasteiger partial charge in [-0.3, -0.25) is 0 Å². The molecule has 5 nitrogen and oxygen atoms in total. The fraction of sp³-hybridized carbons (Fsp3) is 0.564. The maximum atomic E-state index is 13.3. The molecule has 0 N–H and O–H groups in total. The summed E-state index contributed by atoms with van der Waals surface area (Å²) in [7, 11) is 0. The summed E-state index contributed by atoms with van der Waals surface area (Å²) in [5.74, 6) is 1.08. The standard InChI is InChI=1S/C39H58O5/c1-8-9-10-11-12-13-14-15-27-42-37-34-23-18-24-35(41-28-25-32(6)21-16-19-30(2)3)36(34)44-39(40)38(37)43-29-26-33(7)22-17-20-31(4)5/h18-20,23-26H,8-17,21-22,27-29H2,1-7H3/b32-25+,33-26+. The Kier molecular flexibility index (Phi) is 18.1. The maximum Gasteiger partial charge on any atom is 0.383 e. The first-order valence-electron chi connectivity index (χ1n) is 16.8. The van der Waals surface area contributed by atoms with E-state index in [9.17, 15) is 4.79 Å². The number of benzene rings is 1. The maximum absolute atomic E-state index is 13.3. The van der Waals surface area contributed by atoms with E-state index in [1.165, 1.54) is 60.8 Å². The van der Waals surface area contributed by atoms with Crippen molar-refractivity contribution in [2.24, 2.45) is 0 Å². The third-order valence-corrected chi connectivity index (χ3v) is 7.57. The van der Waals surface area contributed by atoms with E-state index in [1.807, 2.05) is 24.3 Å². The Balaban J connectivity index is 2.20. The summed E-state index contributed by atoms with van der Waals surface area (Å²) >= 11 is 0. The largest absolute Gasteiger partial charge is 0.489 e. The zero-order valence-electron chi connectivity index (χ0n) is 28.7. The topological polar surface area (TPSA) is 57.9 Å². The van der Waals surface area contributed by atoms with Gasteiger partial charge in [-0.25, -0.2) is 4.79 Å². The Morgan fingerprint density at radius 2 is 1.25 bits per heavy atom. The summed E-state index contributed by atoms with van der Waals surface area (Å²) < 4.78 is 24.2. The minimum absolute atomic E-state index is 0.123. The molecule has 0 aliphatic carbocycles. The van der Waals surface area contributed by atoms with Crippen molar-refractivity contribution in [2.45, 2.75) is 126 Å². The molecule has 0 bridgehead atoms. The summed E-state index contributed by atoms with van der Waals surface area (Å²) in [6, 6.07) is 5.64. The van der Waals surface area contributed by atoms with Crippen LogP contribution in [-0.4, -0.2) is 19.8 Å². The van der Waals surface area contributed by atoms with Crippen molar-refractivity contribution in [3.8, 4) is 17.2 Å². The first kappa shape index (κ1) is 37.0. The molecule has 0 saturated carbocycles. The van der Waals surface area contributed by atoms with E-state index in [2.05, 4.69) is 66.7 Å². The van der Waals surface area contributed by atoms with Crippen LogP contribution in [-0.2, 0) is 0 Å². The number of hydrogen-bond donors (Lipinski definition) is 0. The quantitative estimate of drug-likeness (QED) is 0.0758. The van der Waals surface area contributed by atoms with Gasteiger partial charge >= 0.3 is 5.63 Å². The molecular weight excluding hydrogens is 548 g/mol. The molecule has 0 spiro atoms. The first-order valence-corrected chi connectivity index (χ1v) is 16.8. The molecule has 2 rings (SSSR count). The summed E-state index contributed by atoms with van der Waals surface area (Å²) in [5, 5.41) is 0.685. The van der Waals surface area contributed by atoms with Crippen molar-refractivity contribution >= 4 is 11.0 Å². The zero-order valence-corrected chi connectivity index (χ0v) is 28.7. The molecule has 0 saturated heterocycles. The Morgan fingerprint density at radius 3 is 1.84 bits per heavy atom. The van der Waals surface area contributed by atoms with E-state index in [0.717, 1.165) is 38.5 Å². The Bertz CT molecular complexity index is 1300. The van der Waals surface area contributed by atoms with Gasteiger partial charge in [-0.15, -0.1) is 0 Å². The molecule has 0 amide bonds. The number of fused-ring (bicyclic) bond motifs is 1. The van der Waals surface area contributed by atoms with Crippen LogP contribution in [0.25, 0.3) is 11.0 Å². The monoisotopic (exact) mass is 606 g/mol. The van der Waals surface area contributed by atoms with Crippen molar-refractivity contribution in [1.82, 2.24) is 0 Å². The Morgan fingerprint density at radius 1 is 0.682 bits per heavy atom. The first-order chi connectivity index (χ1) is 21.2. The lowest BCUT2D eigenvalue weighted by Gasteiger charge is -2.15. The van der Waals surface area contributed by atoms with Crippen LogP contribution in [0.4, 0.5) is 0 Å². The highest BCUT2D eigenvalue weighted by Crippen LogP contribution is 2.37. The molecule has 244 valence electrons. The smallest absolute Gasteiger partial charge is 0.383 e. The molecule has 44 heavy (non-hydrogen) atoms. The fourth-order valence-corrected chi connectivity index (χ4v) is 4.87. The van der Waals surface area contributed by atoms with Crippen LogP contribution in [0.5, 0.6) is 17.2 Å². The van der Waals surface area contributed by atoms with E-state index in [-0.39, 0.29) is 12.4 Å². The van der Waals surface area contributed by atoms with E-state index in [4.69, 9.17) is 18.6 Å². The number of allylic oxidation sites excluding steroid dienone is 6. The second-order valence-electron chi connectivity index (χ2n) is 12.4. The molecule has 0 unspecified atom stereocenters. The Hall–Kier alpha value is -3.21. The minimum atomic E-state index is -0.552. The lowest BCUT2D eigenvalue weighted by molar-refractivity contribution is 0.268. The SMILES string of the molecule is CCCCCCCCCCOc1c(OC/C=C(\C)CCC=C(C)C)c(=O)oc2c(OC/C=C(\C)CCC=C(C)C)cccc12. The van der Waals surface area contributed by atoms with E-state index < -0.39 is 5.63 Å². The summed E-state index contributed by atoms with van der Waals surface area (Å²) in [4.78, 5) is 13.3. The van der Waals surface area contributed by atoms with Crippen LogP contribution >= 0.6 is 0 Å². The average Bonchev–Trinajstić information content (AvgIpc) is 2.97. The van der Waals surface area contributed by atoms with Crippen LogP contribution < -0.4 is 19.8 Å². The molecule has 2 aromatic rings. The summed E-state index contributed by atoms with van der Waals surface area (Å²) in [6.45, 7) is 16.1. The number of unbranched alkanes of at least 4 members (excludes halogenated alkanes) is 7. The van der Waals surface area contributed by atoms with Crippen LogP contribution in [0.3, 0.4) is 0 Å². The molecule has 0 atom stereocenters. The van der Waals surface area contributed by atoms with Gasteiger partial charge < -0.3 is 18.6 Å². The fourth-order valence-electron chi connectivity index (χ4n) is 4.87. The van der Waals surface area contributed by atoms with Crippen molar-refractivity contribution in [3.63, 3.8) is 0 Å². The lowest BCUT2D eigenvalue weighted by atomic mass is 10.1. The lowest BCUT2D eigenvalue weighted by Crippen LogP contribution is -2.12. The van der Waals surface area contributed by atoms with Gasteiger partial charge in [-0.2, -0.15) is 0 Å². The van der Waals surface area contributed by atoms with Gasteiger partial charge in [0.05, 0.1) is 12.0 Å². The van der Waals surface area contributed by atoms with Gasteiger partial charge in [0.25, 0.3) is 0 Å². The number of hydrogen-bond acceptors (Lipinski definition) is 5. The molecular formula is C39H58O5. The number of rotatable bonds is 22. The van der Waals surface area contributed by atoms with E-state index in [0.29, 0.717) is 35.7 Å². The van der Waals surface area contributed by atoms with Crippen molar-refractivity contribution in [1.29, 1.82) is 0 Å². The van der Waals surface area contributed by atoms with Gasteiger partial charge in [-0.1, -0.05) is 92.4 Å². The second kappa shape index (κ2) is 21.5. The van der Waals surface area contributed by atoms with Gasteiger partial charge in [-0.05, 0) is 97.9 Å². The number of para-hydroxylation sites is 1. The predicted octanol–water partition coefficient (Wildman–Crippen LogP) is 11.5. The summed E-state index contributed by atoms with van der Waals surface area (Å²) in [5.41, 5.74) is 4.96. The molecule has 5 heteroatoms.